The van der Waals surface area contributed by atoms with Gasteiger partial charge in [-0.1, -0.05) is 25.5 Å². The van der Waals surface area contributed by atoms with Crippen molar-refractivity contribution in [3.8, 4) is 11.5 Å². The highest BCUT2D eigenvalue weighted by Gasteiger charge is 2.19. The molecule has 0 saturated heterocycles. The number of anilines is 6. The number of phenolic OH excluding ortho intramolecular Hbond substituents is 2. The first-order valence-electron chi connectivity index (χ1n) is 14.4. The van der Waals surface area contributed by atoms with Crippen LogP contribution in [0.1, 0.15) is 57.2 Å². The highest BCUT2D eigenvalue weighted by Crippen LogP contribution is 2.44. The Morgan fingerprint density at radius 2 is 1.23 bits per heavy atom. The molecule has 40 heavy (non-hydrogen) atoms. The van der Waals surface area contributed by atoms with Crippen LogP contribution < -0.4 is 20.4 Å². The third-order valence-electron chi connectivity index (χ3n) is 7.25. The summed E-state index contributed by atoms with van der Waals surface area (Å²) in [6.45, 7) is 15.9. The largest absolute Gasteiger partial charge is 0.506 e. The Bertz CT molecular complexity index is 1300. The number of aliphatic hydroxyl groups is 1. The zero-order chi connectivity index (χ0) is 29.2. The second-order valence-electron chi connectivity index (χ2n) is 9.99. The van der Waals surface area contributed by atoms with Crippen LogP contribution in [0.3, 0.4) is 0 Å². The lowest BCUT2D eigenvalue weighted by atomic mass is 10.0. The number of unbranched alkanes of at least 4 members (excludes halogenated alkanes) is 1. The summed E-state index contributed by atoms with van der Waals surface area (Å²) in [6, 6.07) is 13.7. The fraction of sp³-hybridized carbons (Fsp3) is 0.394. The van der Waals surface area contributed by atoms with Crippen molar-refractivity contribution >= 4 is 40.2 Å². The molecule has 0 aromatic heterocycles. The Labute approximate surface area is 239 Å². The van der Waals surface area contributed by atoms with E-state index in [9.17, 15) is 15.3 Å². The van der Waals surface area contributed by atoms with Crippen LogP contribution in [0.2, 0.25) is 0 Å². The van der Waals surface area contributed by atoms with Crippen molar-refractivity contribution in [2.75, 3.05) is 53.2 Å². The van der Waals surface area contributed by atoms with Crippen molar-refractivity contribution in [3.05, 3.63) is 65.2 Å². The summed E-state index contributed by atoms with van der Waals surface area (Å²) in [5.41, 5.74) is 7.71. The van der Waals surface area contributed by atoms with Gasteiger partial charge in [0.2, 0.25) is 0 Å². The minimum atomic E-state index is -0.0354. The Morgan fingerprint density at radius 1 is 0.725 bits per heavy atom. The van der Waals surface area contributed by atoms with Crippen LogP contribution in [-0.2, 0) is 0 Å². The maximum atomic E-state index is 11.0. The van der Waals surface area contributed by atoms with Crippen LogP contribution in [0.5, 0.6) is 11.5 Å². The number of rotatable bonds is 14. The lowest BCUT2D eigenvalue weighted by Crippen LogP contribution is -2.26. The summed E-state index contributed by atoms with van der Waals surface area (Å²) in [5.74, 6) is -0.0622. The van der Waals surface area contributed by atoms with Crippen molar-refractivity contribution in [3.63, 3.8) is 0 Å². The van der Waals surface area contributed by atoms with Crippen LogP contribution >= 0.6 is 0 Å². The zero-order valence-electron chi connectivity index (χ0n) is 24.9. The van der Waals surface area contributed by atoms with Crippen molar-refractivity contribution in [2.24, 2.45) is 0 Å². The normalized spacial score (nSPS) is 11.2. The molecule has 3 aromatic rings. The summed E-state index contributed by atoms with van der Waals surface area (Å²) >= 11 is 0. The molecule has 0 aliphatic rings. The first kappa shape index (κ1) is 30.7. The average Bonchev–Trinajstić information content (AvgIpc) is 2.93. The summed E-state index contributed by atoms with van der Waals surface area (Å²) in [6.07, 6.45) is 5.88. The van der Waals surface area contributed by atoms with Crippen LogP contribution in [0.15, 0.2) is 48.5 Å². The molecule has 0 spiro atoms. The Hall–Kier alpha value is -3.84. The van der Waals surface area contributed by atoms with E-state index in [2.05, 4.69) is 79.3 Å². The quantitative estimate of drug-likeness (QED) is 0.105. The lowest BCUT2D eigenvalue weighted by Gasteiger charge is -2.24. The SMILES string of the molecule is CCC/C=C/c1c(Nc2ccc(N(CC)CC)cc2C)c(O)cc(O)c1Nc1ccc(N(CC)CCO)cc1C. The molecule has 0 unspecified atom stereocenters. The number of hydrogen-bond acceptors (Lipinski definition) is 7. The fourth-order valence-corrected chi connectivity index (χ4v) is 4.89. The van der Waals surface area contributed by atoms with Crippen LogP contribution in [-0.4, -0.2) is 48.1 Å². The molecule has 216 valence electrons. The van der Waals surface area contributed by atoms with Crippen molar-refractivity contribution < 1.29 is 15.3 Å². The Kier molecular flexibility index (Phi) is 11.1. The molecule has 0 radical (unpaired) electrons. The number of phenols is 2. The van der Waals surface area contributed by atoms with E-state index in [-0.39, 0.29) is 18.1 Å². The number of aromatic hydroxyl groups is 2. The van der Waals surface area contributed by atoms with Crippen molar-refractivity contribution in [1.29, 1.82) is 0 Å². The maximum absolute atomic E-state index is 11.0. The summed E-state index contributed by atoms with van der Waals surface area (Å²) in [7, 11) is 0. The van der Waals surface area contributed by atoms with Gasteiger partial charge in [-0.15, -0.1) is 0 Å². The smallest absolute Gasteiger partial charge is 0.143 e. The van der Waals surface area contributed by atoms with Gasteiger partial charge < -0.3 is 35.8 Å². The molecule has 0 amide bonds. The molecule has 0 heterocycles. The fourth-order valence-electron chi connectivity index (χ4n) is 4.89. The van der Waals surface area contributed by atoms with Gasteiger partial charge in [-0.2, -0.15) is 0 Å². The second kappa shape index (κ2) is 14.5. The van der Waals surface area contributed by atoms with Crippen LogP contribution in [0.25, 0.3) is 6.08 Å². The number of nitrogens with one attached hydrogen (secondary N) is 2. The molecule has 5 N–H and O–H groups in total. The lowest BCUT2D eigenvalue weighted by molar-refractivity contribution is 0.302. The number of aliphatic hydroxyl groups excluding tert-OH is 1. The zero-order valence-corrected chi connectivity index (χ0v) is 24.9. The number of nitrogens with zero attached hydrogens (tertiary/aromatic N) is 2. The van der Waals surface area contributed by atoms with Gasteiger partial charge in [0, 0.05) is 60.6 Å². The van der Waals surface area contributed by atoms with E-state index in [1.165, 1.54) is 6.07 Å². The monoisotopic (exact) mass is 546 g/mol. The highest BCUT2D eigenvalue weighted by atomic mass is 16.3. The van der Waals surface area contributed by atoms with E-state index in [0.717, 1.165) is 66.4 Å². The molecule has 0 bridgehead atoms. The molecule has 7 heteroatoms. The van der Waals surface area contributed by atoms with E-state index >= 15 is 0 Å². The summed E-state index contributed by atoms with van der Waals surface area (Å²) in [5, 5.41) is 38.3. The topological polar surface area (TPSA) is 91.2 Å². The van der Waals surface area contributed by atoms with Crippen molar-refractivity contribution in [2.45, 2.75) is 54.4 Å². The van der Waals surface area contributed by atoms with Gasteiger partial charge in [-0.05, 0) is 88.6 Å². The molecular weight excluding hydrogens is 500 g/mol. The third-order valence-corrected chi connectivity index (χ3v) is 7.25. The number of aryl methyl sites for hydroxylation is 2. The van der Waals surface area contributed by atoms with Gasteiger partial charge >= 0.3 is 0 Å². The molecule has 0 aliphatic heterocycles. The van der Waals surface area contributed by atoms with E-state index < -0.39 is 0 Å². The maximum Gasteiger partial charge on any atom is 0.143 e. The predicted octanol–water partition coefficient (Wildman–Crippen LogP) is 7.68. The van der Waals surface area contributed by atoms with E-state index in [1.54, 1.807) is 0 Å². The molecular formula is C33H46N4O3. The minimum absolute atomic E-state index is 0.0268. The van der Waals surface area contributed by atoms with E-state index in [4.69, 9.17) is 0 Å². The van der Waals surface area contributed by atoms with Gasteiger partial charge in [-0.3, -0.25) is 0 Å². The van der Waals surface area contributed by atoms with E-state index in [1.807, 2.05) is 31.2 Å². The first-order chi connectivity index (χ1) is 19.3. The predicted molar refractivity (Wildman–Crippen MR) is 171 cm³/mol. The molecule has 0 atom stereocenters. The second-order valence-corrected chi connectivity index (χ2v) is 9.99. The van der Waals surface area contributed by atoms with Gasteiger partial charge in [0.1, 0.15) is 11.5 Å². The van der Waals surface area contributed by atoms with Gasteiger partial charge in [0.25, 0.3) is 0 Å². The molecule has 7 nitrogen and oxygen atoms in total. The first-order valence-corrected chi connectivity index (χ1v) is 14.4. The Morgan fingerprint density at radius 3 is 1.65 bits per heavy atom. The number of allylic oxidation sites excluding steroid dienone is 1. The van der Waals surface area contributed by atoms with Crippen LogP contribution in [0, 0.1) is 13.8 Å². The molecule has 3 aromatic carbocycles. The Balaban J connectivity index is 2.05. The van der Waals surface area contributed by atoms with Crippen molar-refractivity contribution in [1.82, 2.24) is 0 Å². The van der Waals surface area contributed by atoms with Gasteiger partial charge in [0.15, 0.2) is 0 Å². The van der Waals surface area contributed by atoms with Gasteiger partial charge in [0.05, 0.1) is 18.0 Å². The number of benzene rings is 3. The summed E-state index contributed by atoms with van der Waals surface area (Å²) in [4.78, 5) is 4.41. The third kappa shape index (κ3) is 7.21. The molecule has 3 rings (SSSR count). The number of hydrogen-bond donors (Lipinski definition) is 5. The molecule has 0 fully saturated rings. The average molecular weight is 547 g/mol. The van der Waals surface area contributed by atoms with Gasteiger partial charge in [-0.25, -0.2) is 0 Å². The number of likely N-dealkylation sites (N-methyl/N-ethyl adjacent to an activating group) is 1. The van der Waals surface area contributed by atoms with Crippen LogP contribution in [0.4, 0.5) is 34.1 Å². The summed E-state index contributed by atoms with van der Waals surface area (Å²) < 4.78 is 0. The molecule has 0 aliphatic carbocycles. The highest BCUT2D eigenvalue weighted by molar-refractivity contribution is 5.90. The molecule has 0 saturated carbocycles. The minimum Gasteiger partial charge on any atom is -0.506 e. The standard InChI is InChI=1S/C33H46N4O3/c1-7-11-12-13-27-32(34-28-16-14-25(20-23(28)5)36(8-2)9-3)30(39)22-31(40)33(27)35-29-17-15-26(21-24(29)6)37(10-4)18-19-38/h12-17,20-22,34-35,38-40H,7-11,18-19H2,1-6H3/b13-12+. The van der Waals surface area contributed by atoms with E-state index in [0.29, 0.717) is 23.5 Å².